The Hall–Kier alpha value is -1.99. The Labute approximate surface area is 143 Å². The van der Waals surface area contributed by atoms with E-state index in [1.807, 2.05) is 0 Å². The van der Waals surface area contributed by atoms with Crippen LogP contribution in [-0.2, 0) is 14.3 Å². The van der Waals surface area contributed by atoms with Crippen molar-refractivity contribution in [3.05, 3.63) is 0 Å². The monoisotopic (exact) mass is 361 g/mol. The van der Waals surface area contributed by atoms with Crippen LogP contribution in [-0.4, -0.2) is 89.6 Å². The lowest BCUT2D eigenvalue weighted by molar-refractivity contribution is -0.761. The summed E-state index contributed by atoms with van der Waals surface area (Å²) in [5.41, 5.74) is 10.4. The molecule has 25 heavy (non-hydrogen) atoms. The summed E-state index contributed by atoms with van der Waals surface area (Å²) in [5, 5.41) is 37.2. The number of hydrogen-bond acceptors (Lipinski definition) is 9. The minimum Gasteiger partial charge on any atom is -0.814 e. The smallest absolute Gasteiger partial charge is 0.407 e. The van der Waals surface area contributed by atoms with Gasteiger partial charge in [0.25, 0.3) is 5.91 Å². The molecular weight excluding hydrogens is 338 g/mol. The highest BCUT2D eigenvalue weighted by Crippen LogP contribution is 2.24. The fourth-order valence-electron chi connectivity index (χ4n) is 2.55. The van der Waals surface area contributed by atoms with E-state index in [9.17, 15) is 24.9 Å². The average molecular weight is 361 g/mol. The molecule has 2 heterocycles. The van der Waals surface area contributed by atoms with Crippen LogP contribution in [0.25, 0.3) is 0 Å². The highest BCUT2D eigenvalue weighted by molar-refractivity contribution is 5.83. The van der Waals surface area contributed by atoms with Crippen LogP contribution in [0.4, 0.5) is 4.79 Å². The largest absolute Gasteiger partial charge is 0.814 e. The van der Waals surface area contributed by atoms with E-state index in [0.29, 0.717) is 19.5 Å². The van der Waals surface area contributed by atoms with Crippen LogP contribution < -0.4 is 27.2 Å². The van der Waals surface area contributed by atoms with E-state index >= 15 is 0 Å². The lowest BCUT2D eigenvalue weighted by Gasteiger charge is -2.25. The van der Waals surface area contributed by atoms with Crippen molar-refractivity contribution in [2.24, 2.45) is 11.5 Å². The Morgan fingerprint density at radius 2 is 2.12 bits per heavy atom. The molecule has 1 fully saturated rings. The van der Waals surface area contributed by atoms with E-state index in [4.69, 9.17) is 20.9 Å². The predicted octanol–water partition coefficient (Wildman–Crippen LogP) is -5.31. The summed E-state index contributed by atoms with van der Waals surface area (Å²) >= 11 is 0. The zero-order valence-electron chi connectivity index (χ0n) is 13.4. The van der Waals surface area contributed by atoms with Crippen LogP contribution in [0.3, 0.4) is 0 Å². The zero-order chi connectivity index (χ0) is 18.6. The Morgan fingerprint density at radius 3 is 2.72 bits per heavy atom. The van der Waals surface area contributed by atoms with E-state index in [1.54, 1.807) is 0 Å². The van der Waals surface area contributed by atoms with Crippen molar-refractivity contribution in [2.45, 2.75) is 43.2 Å². The van der Waals surface area contributed by atoms with Crippen LogP contribution >= 0.6 is 0 Å². The van der Waals surface area contributed by atoms with E-state index in [2.05, 4.69) is 10.6 Å². The highest BCUT2D eigenvalue weighted by Gasteiger charge is 2.50. The number of carbonyl (C=O) groups excluding carboxylic acids is 2. The van der Waals surface area contributed by atoms with E-state index in [1.165, 1.54) is 6.34 Å². The Morgan fingerprint density at radius 1 is 1.40 bits per heavy atom. The third kappa shape index (κ3) is 4.35. The lowest BCUT2D eigenvalue weighted by Crippen LogP contribution is -2.55. The van der Waals surface area contributed by atoms with Crippen LogP contribution in [0.15, 0.2) is 0 Å². The molecule has 2 aliphatic heterocycles. The van der Waals surface area contributed by atoms with Crippen molar-refractivity contribution >= 4 is 18.3 Å². The van der Waals surface area contributed by atoms with Gasteiger partial charge in [0.15, 0.2) is 6.04 Å². The molecule has 2 unspecified atom stereocenters. The van der Waals surface area contributed by atoms with Gasteiger partial charge in [0.05, 0.1) is 6.23 Å². The van der Waals surface area contributed by atoms with Gasteiger partial charge in [-0.05, 0) is 13.0 Å². The summed E-state index contributed by atoms with van der Waals surface area (Å²) in [6.07, 6.45) is -5.63. The van der Waals surface area contributed by atoms with Crippen molar-refractivity contribution in [1.82, 2.24) is 10.6 Å². The van der Waals surface area contributed by atoms with Crippen molar-refractivity contribution in [3.8, 4) is 0 Å². The van der Waals surface area contributed by atoms with Gasteiger partial charge in [-0.25, -0.2) is 9.37 Å². The van der Waals surface area contributed by atoms with Crippen LogP contribution in [0.5, 0.6) is 0 Å². The van der Waals surface area contributed by atoms with Gasteiger partial charge in [-0.3, -0.25) is 10.1 Å². The fraction of sp³-hybridized carbons (Fsp3) is 0.769. The number of hydrogen-bond donors (Lipinski definition) is 6. The number of aliphatic hydroxyl groups is 2. The second kappa shape index (κ2) is 8.40. The number of carbonyl (C=O) groups is 2. The first kappa shape index (κ1) is 19.3. The van der Waals surface area contributed by atoms with Gasteiger partial charge in [0.2, 0.25) is 12.6 Å². The maximum atomic E-state index is 12.1. The number of nitrogens with zero attached hydrogens (tertiary/aromatic N) is 1. The van der Waals surface area contributed by atoms with Gasteiger partial charge in [0, 0.05) is 6.54 Å². The van der Waals surface area contributed by atoms with Crippen molar-refractivity contribution in [1.29, 1.82) is 0 Å². The minimum absolute atomic E-state index is 0.326. The predicted molar refractivity (Wildman–Crippen MR) is 79.9 cm³/mol. The Balaban J connectivity index is 1.88. The molecule has 0 aliphatic carbocycles. The van der Waals surface area contributed by atoms with E-state index < -0.39 is 48.8 Å². The fourth-order valence-corrected chi connectivity index (χ4v) is 2.55. The number of primary amides is 1. The molecule has 0 bridgehead atoms. The first-order valence-electron chi connectivity index (χ1n) is 7.81. The van der Waals surface area contributed by atoms with Gasteiger partial charge in [-0.15, -0.1) is 0 Å². The molecule has 2 amide bonds. The molecule has 2 rings (SSSR count). The number of amides is 2. The molecule has 2 aliphatic rings. The molecule has 0 saturated carbocycles. The molecule has 8 N–H and O–H groups in total. The number of alkyl carbamates (subject to hydrolysis) is 1. The van der Waals surface area contributed by atoms with Gasteiger partial charge in [-0.1, -0.05) is 0 Å². The topological polar surface area (TPSA) is 195 Å². The lowest BCUT2D eigenvalue weighted by atomic mass is 10.1. The third-order valence-corrected chi connectivity index (χ3v) is 3.95. The zero-order valence-corrected chi connectivity index (χ0v) is 13.4. The number of aliphatic hydroxyl groups excluding tert-OH is 2. The van der Waals surface area contributed by atoms with E-state index in [0.717, 1.165) is 4.58 Å². The minimum atomic E-state index is -1.62. The maximum Gasteiger partial charge on any atom is 0.407 e. The number of ether oxygens (including phenoxy) is 2. The molecule has 0 radical (unpaired) electrons. The normalized spacial score (nSPS) is 34.3. The second-order valence-corrected chi connectivity index (χ2v) is 5.73. The summed E-state index contributed by atoms with van der Waals surface area (Å²) in [6, 6.07) is -1.18. The Kier molecular flexibility index (Phi) is 6.50. The Bertz CT molecular complexity index is 531. The molecule has 12 nitrogen and oxygen atoms in total. The molecule has 12 heteroatoms. The quantitative estimate of drug-likeness (QED) is 0.189. The first-order valence-corrected chi connectivity index (χ1v) is 7.81. The molecule has 0 aromatic heterocycles. The standard InChI is InChI=1S/C13H22N5O7/c14-2-1-3-16-13(23)24-4-6-8(19)9(20)12(25-6)18-5-17-7(10(15)21)11(18)22/h5-9,11-12,19-20H,1-4,14H2,(H3,15,16,21,23)/q-1/p+1/t6-,7?,8-,9-,11?,12-/m1/s1. The summed E-state index contributed by atoms with van der Waals surface area (Å²) in [5.74, 6) is -0.846. The molecule has 0 aromatic rings. The first-order chi connectivity index (χ1) is 11.9. The summed E-state index contributed by atoms with van der Waals surface area (Å²) in [7, 11) is 0. The van der Waals surface area contributed by atoms with Gasteiger partial charge < -0.3 is 41.6 Å². The second-order valence-electron chi connectivity index (χ2n) is 5.73. The molecule has 142 valence electrons. The van der Waals surface area contributed by atoms with Gasteiger partial charge >= 0.3 is 6.09 Å². The maximum absolute atomic E-state index is 12.1. The molecule has 1 saturated heterocycles. The molecule has 6 atom stereocenters. The number of rotatable bonds is 7. The van der Waals surface area contributed by atoms with Crippen LogP contribution in [0.1, 0.15) is 6.42 Å². The van der Waals surface area contributed by atoms with Crippen molar-refractivity contribution in [2.75, 3.05) is 19.7 Å². The highest BCUT2D eigenvalue weighted by atomic mass is 16.6. The van der Waals surface area contributed by atoms with Crippen LogP contribution in [0, 0.1) is 0 Å². The number of nitrogens with two attached hydrogens (primary N) is 2. The molecule has 0 spiro atoms. The van der Waals surface area contributed by atoms with Gasteiger partial charge in [-0.2, -0.15) is 0 Å². The van der Waals surface area contributed by atoms with Crippen LogP contribution in [0.2, 0.25) is 0 Å². The average Bonchev–Trinajstić information content (AvgIpc) is 3.07. The summed E-state index contributed by atoms with van der Waals surface area (Å²) in [4.78, 5) is 22.6. The number of nitrogens with one attached hydrogen (secondary N) is 2. The van der Waals surface area contributed by atoms with Crippen molar-refractivity contribution in [3.63, 3.8) is 0 Å². The summed E-state index contributed by atoms with van der Waals surface area (Å²) in [6.45, 7) is 0.435. The van der Waals surface area contributed by atoms with Gasteiger partial charge in [0.1, 0.15) is 24.9 Å². The SMILES string of the molecule is NCCCNC(=O)OC[C@H]1O[C@@H]([N+]2=CNC(C(N)=O)C2[O-])[C@H](O)[C@@H]1O. The van der Waals surface area contributed by atoms with Crippen molar-refractivity contribution < 1.29 is 39.0 Å². The molecule has 0 aromatic carbocycles. The third-order valence-electron chi connectivity index (χ3n) is 3.95. The van der Waals surface area contributed by atoms with E-state index in [-0.39, 0.29) is 6.61 Å². The summed E-state index contributed by atoms with van der Waals surface area (Å²) < 4.78 is 11.3. The molecular formula is C13H23N5O7.